The summed E-state index contributed by atoms with van der Waals surface area (Å²) < 4.78 is 16.1. The molecule has 0 fully saturated rings. The normalized spacial score (nSPS) is 12.7. The molecule has 6 heteroatoms. The Bertz CT molecular complexity index is 780. The predicted molar refractivity (Wildman–Crippen MR) is 87.6 cm³/mol. The zero-order valence-electron chi connectivity index (χ0n) is 13.4. The van der Waals surface area contributed by atoms with E-state index in [0.717, 1.165) is 11.1 Å². The number of ether oxygens (including phenoxy) is 3. The number of anilines is 1. The summed E-state index contributed by atoms with van der Waals surface area (Å²) in [6, 6.07) is 10.6. The third kappa shape index (κ3) is 3.48. The molecular formula is C18H17NO5. The highest BCUT2D eigenvalue weighted by molar-refractivity contribution is 5.95. The number of para-hydroxylation sites is 1. The first-order valence-electron chi connectivity index (χ1n) is 7.49. The highest BCUT2D eigenvalue weighted by atomic mass is 16.6. The summed E-state index contributed by atoms with van der Waals surface area (Å²) in [6.45, 7) is 3.61. The van der Waals surface area contributed by atoms with E-state index in [2.05, 4.69) is 5.32 Å². The van der Waals surface area contributed by atoms with Crippen LogP contribution in [-0.4, -0.2) is 25.1 Å². The Kier molecular flexibility index (Phi) is 4.37. The molecule has 0 aromatic heterocycles. The summed E-state index contributed by atoms with van der Waals surface area (Å²) in [5, 5.41) is 2.66. The minimum Gasteiger partial charge on any atom is -0.482 e. The zero-order valence-corrected chi connectivity index (χ0v) is 13.4. The maximum absolute atomic E-state index is 12.0. The number of hydrogen-bond donors (Lipinski definition) is 1. The molecule has 1 amide bonds. The topological polar surface area (TPSA) is 73.9 Å². The van der Waals surface area contributed by atoms with Gasteiger partial charge in [0.25, 0.3) is 5.91 Å². The molecule has 6 nitrogen and oxygen atoms in total. The number of hydrogen-bond acceptors (Lipinski definition) is 5. The van der Waals surface area contributed by atoms with Crippen LogP contribution in [0, 0.1) is 13.8 Å². The Balaban J connectivity index is 1.63. The molecule has 1 aliphatic heterocycles. The van der Waals surface area contributed by atoms with Gasteiger partial charge >= 0.3 is 5.97 Å². The van der Waals surface area contributed by atoms with Crippen molar-refractivity contribution in [2.75, 3.05) is 18.5 Å². The summed E-state index contributed by atoms with van der Waals surface area (Å²) in [4.78, 5) is 23.3. The molecule has 2 aromatic carbocycles. The molecule has 1 aliphatic rings. The Morgan fingerprint density at radius 1 is 1.21 bits per heavy atom. The summed E-state index contributed by atoms with van der Waals surface area (Å²) >= 11 is 0. The Hall–Kier alpha value is -3.02. The van der Waals surface area contributed by atoms with Gasteiger partial charge in [0, 0.05) is 6.07 Å². The average Bonchev–Trinajstić information content (AvgIpc) is 2.54. The van der Waals surface area contributed by atoms with Gasteiger partial charge in [0.1, 0.15) is 17.2 Å². The standard InChI is InChI=1S/C18H17NO5/c1-11-4-3-5-12(2)18(11)23-10-17(21)24-13-6-7-15-14(8-13)19-16(20)9-22-15/h3-8H,9-10H2,1-2H3,(H,19,20). The highest BCUT2D eigenvalue weighted by Gasteiger charge is 2.17. The number of esters is 1. The van der Waals surface area contributed by atoms with Gasteiger partial charge in [-0.05, 0) is 37.1 Å². The number of amides is 1. The van der Waals surface area contributed by atoms with Crippen molar-refractivity contribution in [3.05, 3.63) is 47.5 Å². The van der Waals surface area contributed by atoms with Crippen molar-refractivity contribution in [2.24, 2.45) is 0 Å². The van der Waals surface area contributed by atoms with Gasteiger partial charge in [-0.25, -0.2) is 4.79 Å². The van der Waals surface area contributed by atoms with E-state index in [4.69, 9.17) is 14.2 Å². The van der Waals surface area contributed by atoms with Crippen molar-refractivity contribution in [1.29, 1.82) is 0 Å². The molecule has 0 saturated carbocycles. The summed E-state index contributed by atoms with van der Waals surface area (Å²) in [7, 11) is 0. The zero-order chi connectivity index (χ0) is 17.1. The van der Waals surface area contributed by atoms with Crippen molar-refractivity contribution in [2.45, 2.75) is 13.8 Å². The number of aryl methyl sites for hydroxylation is 2. The lowest BCUT2D eigenvalue weighted by Gasteiger charge is -2.18. The predicted octanol–water partition coefficient (Wildman–Crippen LogP) is 2.62. The SMILES string of the molecule is Cc1cccc(C)c1OCC(=O)Oc1ccc2c(c1)NC(=O)CO2. The fourth-order valence-corrected chi connectivity index (χ4v) is 2.44. The van der Waals surface area contributed by atoms with E-state index in [1.54, 1.807) is 18.2 Å². The van der Waals surface area contributed by atoms with Crippen molar-refractivity contribution < 1.29 is 23.8 Å². The highest BCUT2D eigenvalue weighted by Crippen LogP contribution is 2.31. The second-order valence-corrected chi connectivity index (χ2v) is 5.48. The minimum atomic E-state index is -0.527. The van der Waals surface area contributed by atoms with E-state index in [1.807, 2.05) is 32.0 Å². The Morgan fingerprint density at radius 2 is 1.96 bits per heavy atom. The molecule has 0 saturated heterocycles. The smallest absolute Gasteiger partial charge is 0.349 e. The van der Waals surface area contributed by atoms with Crippen LogP contribution in [0.2, 0.25) is 0 Å². The second kappa shape index (κ2) is 6.62. The molecule has 0 radical (unpaired) electrons. The third-order valence-corrected chi connectivity index (χ3v) is 3.56. The molecule has 3 rings (SSSR count). The van der Waals surface area contributed by atoms with Gasteiger partial charge in [0.2, 0.25) is 0 Å². The van der Waals surface area contributed by atoms with Crippen LogP contribution in [0.3, 0.4) is 0 Å². The first-order valence-corrected chi connectivity index (χ1v) is 7.49. The number of carbonyl (C=O) groups is 2. The molecule has 124 valence electrons. The summed E-state index contributed by atoms with van der Waals surface area (Å²) in [5.74, 6) is 0.765. The van der Waals surface area contributed by atoms with Crippen LogP contribution in [0.5, 0.6) is 17.2 Å². The van der Waals surface area contributed by atoms with Gasteiger partial charge in [0.15, 0.2) is 13.2 Å². The number of nitrogens with one attached hydrogen (secondary N) is 1. The Morgan fingerprint density at radius 3 is 2.71 bits per heavy atom. The first kappa shape index (κ1) is 15.9. The van der Waals surface area contributed by atoms with E-state index in [0.29, 0.717) is 22.9 Å². The van der Waals surface area contributed by atoms with Gasteiger partial charge in [-0.3, -0.25) is 4.79 Å². The van der Waals surface area contributed by atoms with Gasteiger partial charge in [-0.15, -0.1) is 0 Å². The van der Waals surface area contributed by atoms with Crippen LogP contribution >= 0.6 is 0 Å². The molecule has 0 spiro atoms. The van der Waals surface area contributed by atoms with Crippen LogP contribution in [0.15, 0.2) is 36.4 Å². The number of carbonyl (C=O) groups excluding carboxylic acids is 2. The van der Waals surface area contributed by atoms with Crippen LogP contribution in [0.25, 0.3) is 0 Å². The molecule has 1 N–H and O–H groups in total. The Labute approximate surface area is 139 Å². The van der Waals surface area contributed by atoms with E-state index in [-0.39, 0.29) is 19.1 Å². The van der Waals surface area contributed by atoms with Crippen LogP contribution in [0.1, 0.15) is 11.1 Å². The third-order valence-electron chi connectivity index (χ3n) is 3.56. The average molecular weight is 327 g/mol. The molecule has 0 atom stereocenters. The largest absolute Gasteiger partial charge is 0.482 e. The van der Waals surface area contributed by atoms with E-state index in [9.17, 15) is 9.59 Å². The van der Waals surface area contributed by atoms with E-state index >= 15 is 0 Å². The van der Waals surface area contributed by atoms with Gasteiger partial charge in [-0.2, -0.15) is 0 Å². The minimum absolute atomic E-state index is 0.0181. The molecule has 0 unspecified atom stereocenters. The molecule has 2 aromatic rings. The van der Waals surface area contributed by atoms with E-state index in [1.165, 1.54) is 0 Å². The lowest BCUT2D eigenvalue weighted by molar-refractivity contribution is -0.136. The summed E-state index contributed by atoms with van der Waals surface area (Å²) in [5.41, 5.74) is 2.39. The van der Waals surface area contributed by atoms with Crippen molar-refractivity contribution in [3.63, 3.8) is 0 Å². The van der Waals surface area contributed by atoms with Gasteiger partial charge in [-0.1, -0.05) is 18.2 Å². The molecule has 1 heterocycles. The molecule has 0 bridgehead atoms. The number of rotatable bonds is 4. The van der Waals surface area contributed by atoms with Crippen molar-refractivity contribution in [3.8, 4) is 17.2 Å². The van der Waals surface area contributed by atoms with Crippen LogP contribution < -0.4 is 19.5 Å². The second-order valence-electron chi connectivity index (χ2n) is 5.48. The van der Waals surface area contributed by atoms with Gasteiger partial charge < -0.3 is 19.5 Å². The number of fused-ring (bicyclic) bond motifs is 1. The lowest BCUT2D eigenvalue weighted by Crippen LogP contribution is -2.25. The maximum Gasteiger partial charge on any atom is 0.349 e. The molecule has 24 heavy (non-hydrogen) atoms. The molecular weight excluding hydrogens is 310 g/mol. The van der Waals surface area contributed by atoms with Crippen molar-refractivity contribution in [1.82, 2.24) is 0 Å². The monoisotopic (exact) mass is 327 g/mol. The lowest BCUT2D eigenvalue weighted by atomic mass is 10.1. The van der Waals surface area contributed by atoms with Crippen LogP contribution in [-0.2, 0) is 9.59 Å². The van der Waals surface area contributed by atoms with Gasteiger partial charge in [0.05, 0.1) is 5.69 Å². The van der Waals surface area contributed by atoms with Crippen LogP contribution in [0.4, 0.5) is 5.69 Å². The fourth-order valence-electron chi connectivity index (χ4n) is 2.44. The molecule has 0 aliphatic carbocycles. The first-order chi connectivity index (χ1) is 11.5. The maximum atomic E-state index is 12.0. The summed E-state index contributed by atoms with van der Waals surface area (Å²) in [6.07, 6.45) is 0. The van der Waals surface area contributed by atoms with E-state index < -0.39 is 5.97 Å². The fraction of sp³-hybridized carbons (Fsp3) is 0.222. The number of benzene rings is 2. The quantitative estimate of drug-likeness (QED) is 0.690. The van der Waals surface area contributed by atoms with Crippen molar-refractivity contribution >= 4 is 17.6 Å².